The lowest BCUT2D eigenvalue weighted by Gasteiger charge is -2.20. The lowest BCUT2D eigenvalue weighted by molar-refractivity contribution is 0.0765. The van der Waals surface area contributed by atoms with Crippen molar-refractivity contribution in [3.05, 3.63) is 16.6 Å². The molecule has 0 radical (unpaired) electrons. The number of aromatic nitrogens is 1. The van der Waals surface area contributed by atoms with Crippen molar-refractivity contribution in [3.63, 3.8) is 0 Å². The maximum Gasteiger partial charge on any atom is 0.265 e. The molecule has 1 aliphatic heterocycles. The van der Waals surface area contributed by atoms with Gasteiger partial charge < -0.3 is 10.0 Å². The fraction of sp³-hybridized carbons (Fsp3) is 0.636. The summed E-state index contributed by atoms with van der Waals surface area (Å²) in [6.45, 7) is 4.19. The Morgan fingerprint density at radius 2 is 2.29 bits per heavy atom. The molecule has 0 saturated carbocycles. The predicted molar refractivity (Wildman–Crippen MR) is 66.2 cm³/mol. The minimum atomic E-state index is 0.0818. The zero-order valence-electron chi connectivity index (χ0n) is 9.71. The molecule has 0 unspecified atom stereocenters. The zero-order chi connectivity index (χ0) is 12.1. The van der Waals surface area contributed by atoms with Gasteiger partial charge in [-0.15, -0.1) is 11.3 Å². The van der Waals surface area contributed by atoms with Crippen LogP contribution in [0.15, 0.2) is 11.7 Å². The summed E-state index contributed by atoms with van der Waals surface area (Å²) in [4.78, 5) is 20.8. The van der Waals surface area contributed by atoms with Crippen LogP contribution in [-0.2, 0) is 0 Å². The molecule has 1 N–H and O–H groups in total. The Morgan fingerprint density at radius 3 is 3.00 bits per heavy atom. The Hall–Kier alpha value is -0.980. The van der Waals surface area contributed by atoms with Gasteiger partial charge in [0.2, 0.25) is 0 Å². The van der Waals surface area contributed by atoms with Gasteiger partial charge in [0.25, 0.3) is 5.91 Å². The van der Waals surface area contributed by atoms with Gasteiger partial charge in [0.05, 0.1) is 18.3 Å². The van der Waals surface area contributed by atoms with Gasteiger partial charge in [-0.25, -0.2) is 0 Å². The van der Waals surface area contributed by atoms with Gasteiger partial charge in [0, 0.05) is 26.2 Å². The highest BCUT2D eigenvalue weighted by atomic mass is 32.1. The summed E-state index contributed by atoms with van der Waals surface area (Å²) < 4.78 is 0. The molecule has 0 spiro atoms. The Kier molecular flexibility index (Phi) is 4.47. The Labute approximate surface area is 105 Å². The van der Waals surface area contributed by atoms with Crippen LogP contribution in [0.5, 0.6) is 0 Å². The number of β-amino-alcohol motifs (C(OH)–C–C–N with tert-alkyl or cyclic N) is 1. The Morgan fingerprint density at radius 1 is 1.41 bits per heavy atom. The normalized spacial score (nSPS) is 18.1. The third-order valence-electron chi connectivity index (χ3n) is 2.94. The number of carbonyl (C=O) groups is 1. The first-order chi connectivity index (χ1) is 8.31. The van der Waals surface area contributed by atoms with E-state index in [0.29, 0.717) is 11.4 Å². The van der Waals surface area contributed by atoms with Gasteiger partial charge in [-0.3, -0.25) is 14.7 Å². The second-order valence-corrected chi connectivity index (χ2v) is 4.96. The highest BCUT2D eigenvalue weighted by Gasteiger charge is 2.20. The summed E-state index contributed by atoms with van der Waals surface area (Å²) in [6, 6.07) is 0. The SMILES string of the molecule is O=C(c1cncs1)N1CCCN(CCO)CC1. The van der Waals surface area contributed by atoms with E-state index < -0.39 is 0 Å². The van der Waals surface area contributed by atoms with Crippen molar-refractivity contribution < 1.29 is 9.90 Å². The van der Waals surface area contributed by atoms with Gasteiger partial charge in [-0.05, 0) is 13.0 Å². The lowest BCUT2D eigenvalue weighted by atomic mass is 10.3. The van der Waals surface area contributed by atoms with Crippen molar-refractivity contribution >= 4 is 17.2 Å². The van der Waals surface area contributed by atoms with E-state index >= 15 is 0 Å². The van der Waals surface area contributed by atoms with Gasteiger partial charge in [-0.2, -0.15) is 0 Å². The number of rotatable bonds is 3. The molecular formula is C11H17N3O2S. The fourth-order valence-corrected chi connectivity index (χ4v) is 2.60. The van der Waals surface area contributed by atoms with E-state index in [1.807, 2.05) is 4.90 Å². The monoisotopic (exact) mass is 255 g/mol. The van der Waals surface area contributed by atoms with E-state index in [1.165, 1.54) is 11.3 Å². The van der Waals surface area contributed by atoms with Crippen LogP contribution in [0.3, 0.4) is 0 Å². The van der Waals surface area contributed by atoms with Crippen LogP contribution >= 0.6 is 11.3 Å². The molecule has 2 heterocycles. The highest BCUT2D eigenvalue weighted by Crippen LogP contribution is 2.12. The average molecular weight is 255 g/mol. The number of amides is 1. The smallest absolute Gasteiger partial charge is 0.265 e. The molecule has 1 saturated heterocycles. The molecule has 17 heavy (non-hydrogen) atoms. The number of hydrogen-bond acceptors (Lipinski definition) is 5. The Balaban J connectivity index is 1.92. The third-order valence-corrected chi connectivity index (χ3v) is 3.70. The van der Waals surface area contributed by atoms with Gasteiger partial charge in [0.1, 0.15) is 4.88 Å². The summed E-state index contributed by atoms with van der Waals surface area (Å²) in [5.41, 5.74) is 1.68. The van der Waals surface area contributed by atoms with Crippen LogP contribution in [0.25, 0.3) is 0 Å². The quantitative estimate of drug-likeness (QED) is 0.843. The molecule has 0 bridgehead atoms. The van der Waals surface area contributed by atoms with Crippen LogP contribution in [0.1, 0.15) is 16.1 Å². The van der Waals surface area contributed by atoms with Crippen molar-refractivity contribution in [1.29, 1.82) is 0 Å². The van der Waals surface area contributed by atoms with Gasteiger partial charge in [-0.1, -0.05) is 0 Å². The molecule has 1 fully saturated rings. The number of hydrogen-bond donors (Lipinski definition) is 1. The van der Waals surface area contributed by atoms with Crippen LogP contribution in [0.2, 0.25) is 0 Å². The predicted octanol–water partition coefficient (Wildman–Crippen LogP) is 0.283. The Bertz CT molecular complexity index is 356. The van der Waals surface area contributed by atoms with E-state index in [2.05, 4.69) is 9.88 Å². The van der Waals surface area contributed by atoms with Crippen molar-refractivity contribution in [2.24, 2.45) is 0 Å². The van der Waals surface area contributed by atoms with Gasteiger partial charge in [0.15, 0.2) is 0 Å². The molecule has 0 aromatic carbocycles. The van der Waals surface area contributed by atoms with Crippen LogP contribution in [0, 0.1) is 0 Å². The van der Waals surface area contributed by atoms with E-state index in [-0.39, 0.29) is 12.5 Å². The molecule has 0 atom stereocenters. The van der Waals surface area contributed by atoms with Crippen molar-refractivity contribution in [2.45, 2.75) is 6.42 Å². The molecule has 1 aromatic heterocycles. The summed E-state index contributed by atoms with van der Waals surface area (Å²) in [7, 11) is 0. The summed E-state index contributed by atoms with van der Waals surface area (Å²) in [5, 5.41) is 8.91. The fourth-order valence-electron chi connectivity index (χ4n) is 2.02. The van der Waals surface area contributed by atoms with Crippen LogP contribution in [0.4, 0.5) is 0 Å². The molecular weight excluding hydrogens is 238 g/mol. The second-order valence-electron chi connectivity index (χ2n) is 4.08. The van der Waals surface area contributed by atoms with Crippen molar-refractivity contribution in [3.8, 4) is 0 Å². The minimum Gasteiger partial charge on any atom is -0.395 e. The summed E-state index contributed by atoms with van der Waals surface area (Å²) in [6.07, 6.45) is 2.59. The molecule has 0 aliphatic carbocycles. The van der Waals surface area contributed by atoms with E-state index in [0.717, 1.165) is 32.6 Å². The van der Waals surface area contributed by atoms with Crippen molar-refractivity contribution in [2.75, 3.05) is 39.3 Å². The maximum absolute atomic E-state index is 12.1. The first-order valence-electron chi connectivity index (χ1n) is 5.82. The van der Waals surface area contributed by atoms with E-state index in [4.69, 9.17) is 5.11 Å². The van der Waals surface area contributed by atoms with E-state index in [1.54, 1.807) is 11.7 Å². The largest absolute Gasteiger partial charge is 0.395 e. The number of aliphatic hydroxyl groups is 1. The molecule has 2 rings (SSSR count). The number of nitrogens with zero attached hydrogens (tertiary/aromatic N) is 3. The first-order valence-corrected chi connectivity index (χ1v) is 6.70. The minimum absolute atomic E-state index is 0.0818. The zero-order valence-corrected chi connectivity index (χ0v) is 10.5. The highest BCUT2D eigenvalue weighted by molar-refractivity contribution is 7.11. The topological polar surface area (TPSA) is 56.7 Å². The van der Waals surface area contributed by atoms with Gasteiger partial charge >= 0.3 is 0 Å². The molecule has 1 aromatic rings. The molecule has 5 nitrogen and oxygen atoms in total. The molecule has 1 aliphatic rings. The number of thiazole rings is 1. The lowest BCUT2D eigenvalue weighted by Crippen LogP contribution is -2.35. The third kappa shape index (κ3) is 3.24. The van der Waals surface area contributed by atoms with Crippen LogP contribution < -0.4 is 0 Å². The summed E-state index contributed by atoms with van der Waals surface area (Å²) >= 11 is 1.39. The molecule has 94 valence electrons. The molecule has 1 amide bonds. The summed E-state index contributed by atoms with van der Waals surface area (Å²) in [5.74, 6) is 0.0818. The number of aliphatic hydroxyl groups excluding tert-OH is 1. The molecule has 6 heteroatoms. The second kappa shape index (κ2) is 6.09. The standard InChI is InChI=1S/C11H17N3O2S/c15-7-6-13-2-1-3-14(5-4-13)11(16)10-8-12-9-17-10/h8-9,15H,1-7H2. The maximum atomic E-state index is 12.1. The van der Waals surface area contributed by atoms with Crippen molar-refractivity contribution in [1.82, 2.24) is 14.8 Å². The average Bonchev–Trinajstić information content (AvgIpc) is 2.76. The van der Waals surface area contributed by atoms with E-state index in [9.17, 15) is 4.79 Å². The number of carbonyl (C=O) groups excluding carboxylic acids is 1. The van der Waals surface area contributed by atoms with Crippen LogP contribution in [-0.4, -0.2) is 65.1 Å². The first kappa shape index (κ1) is 12.5.